The van der Waals surface area contributed by atoms with E-state index in [4.69, 9.17) is 16.9 Å². The molecule has 2 aliphatic heterocycles. The summed E-state index contributed by atoms with van der Waals surface area (Å²) in [5, 5.41) is 22.2. The zero-order valence-corrected chi connectivity index (χ0v) is 13.5. The molecule has 1 aromatic carbocycles. The van der Waals surface area contributed by atoms with Crippen molar-refractivity contribution in [2.24, 2.45) is 0 Å². The van der Waals surface area contributed by atoms with Gasteiger partial charge in [-0.05, 0) is 44.1 Å². The molecule has 0 bridgehead atoms. The molecule has 122 valence electrons. The number of aliphatic hydroxyl groups is 1. The molecule has 0 radical (unpaired) electrons. The number of hydrogen-bond donors (Lipinski definition) is 2. The van der Waals surface area contributed by atoms with Crippen LogP contribution in [0.3, 0.4) is 0 Å². The number of urea groups is 1. The lowest BCUT2D eigenvalue weighted by molar-refractivity contribution is 0.0980. The third-order valence-electron chi connectivity index (χ3n) is 4.50. The fourth-order valence-corrected chi connectivity index (χ4v) is 3.48. The molecule has 3 rings (SSSR count). The maximum Gasteiger partial charge on any atom is 0.321 e. The van der Waals surface area contributed by atoms with E-state index < -0.39 is 6.10 Å². The van der Waals surface area contributed by atoms with Crippen LogP contribution in [0.25, 0.3) is 0 Å². The molecular weight excluding hydrogens is 316 g/mol. The number of halogens is 1. The Morgan fingerprint density at radius 2 is 2.09 bits per heavy atom. The van der Waals surface area contributed by atoms with Gasteiger partial charge in [-0.3, -0.25) is 4.90 Å². The van der Waals surface area contributed by atoms with E-state index in [1.54, 1.807) is 23.1 Å². The topological polar surface area (TPSA) is 79.6 Å². The van der Waals surface area contributed by atoms with E-state index in [9.17, 15) is 9.90 Å². The van der Waals surface area contributed by atoms with Crippen LogP contribution >= 0.6 is 11.6 Å². The smallest absolute Gasteiger partial charge is 0.321 e. The largest absolute Gasteiger partial charge is 0.390 e. The van der Waals surface area contributed by atoms with Crippen LogP contribution in [-0.4, -0.2) is 59.3 Å². The molecule has 0 spiro atoms. The first-order chi connectivity index (χ1) is 11.1. The third kappa shape index (κ3) is 3.42. The van der Waals surface area contributed by atoms with Crippen molar-refractivity contribution in [3.05, 3.63) is 28.8 Å². The van der Waals surface area contributed by atoms with Crippen LogP contribution in [0, 0.1) is 11.3 Å². The minimum absolute atomic E-state index is 0.0211. The summed E-state index contributed by atoms with van der Waals surface area (Å²) in [7, 11) is 0. The molecule has 0 aliphatic carbocycles. The number of nitrogens with zero attached hydrogens (tertiary/aromatic N) is 3. The highest BCUT2D eigenvalue weighted by Crippen LogP contribution is 2.23. The minimum Gasteiger partial charge on any atom is -0.390 e. The number of carbonyl (C=O) groups excluding carboxylic acids is 1. The van der Waals surface area contributed by atoms with Crippen molar-refractivity contribution in [1.82, 2.24) is 9.80 Å². The van der Waals surface area contributed by atoms with Crippen LogP contribution in [-0.2, 0) is 0 Å². The van der Waals surface area contributed by atoms with Crippen molar-refractivity contribution < 1.29 is 9.90 Å². The number of benzene rings is 1. The number of nitrogens with one attached hydrogen (secondary N) is 1. The maximum absolute atomic E-state index is 12.4. The SMILES string of the molecule is N#Cc1ccc(NC(=O)N2CC(O)C(N3CCCC3)C2)cc1Cl. The fraction of sp³-hybridized carbons (Fsp3) is 0.500. The number of rotatable bonds is 2. The number of likely N-dealkylation sites (tertiary alicyclic amines) is 2. The lowest BCUT2D eigenvalue weighted by Crippen LogP contribution is -2.41. The molecule has 1 aromatic rings. The number of carbonyl (C=O) groups is 1. The molecule has 2 saturated heterocycles. The van der Waals surface area contributed by atoms with Crippen LogP contribution in [0.2, 0.25) is 5.02 Å². The van der Waals surface area contributed by atoms with Gasteiger partial charge in [0.25, 0.3) is 0 Å². The molecule has 2 fully saturated rings. The molecule has 7 heteroatoms. The minimum atomic E-state index is -0.511. The number of anilines is 1. The molecule has 0 saturated carbocycles. The standard InChI is InChI=1S/C16H19ClN4O2/c17-13-7-12(4-3-11(13)8-18)19-16(23)21-9-14(15(22)10-21)20-5-1-2-6-20/h3-4,7,14-15,22H,1-2,5-6,9-10H2,(H,19,23). The maximum atomic E-state index is 12.4. The van der Waals surface area contributed by atoms with Crippen molar-refractivity contribution in [3.8, 4) is 6.07 Å². The van der Waals surface area contributed by atoms with Crippen molar-refractivity contribution in [2.45, 2.75) is 25.0 Å². The summed E-state index contributed by atoms with van der Waals surface area (Å²) in [6.45, 7) is 2.83. The molecule has 23 heavy (non-hydrogen) atoms. The lowest BCUT2D eigenvalue weighted by atomic mass is 10.2. The number of nitriles is 1. The quantitative estimate of drug-likeness (QED) is 0.865. The highest BCUT2D eigenvalue weighted by Gasteiger charge is 2.38. The van der Waals surface area contributed by atoms with E-state index in [2.05, 4.69) is 10.2 Å². The molecule has 2 unspecified atom stereocenters. The Morgan fingerprint density at radius 3 is 2.74 bits per heavy atom. The Kier molecular flexibility index (Phi) is 4.71. The Bertz CT molecular complexity index is 639. The number of aliphatic hydroxyl groups excluding tert-OH is 1. The van der Waals surface area contributed by atoms with Crippen molar-refractivity contribution >= 4 is 23.3 Å². The normalized spacial score (nSPS) is 24.7. The molecule has 6 nitrogen and oxygen atoms in total. The zero-order valence-electron chi connectivity index (χ0n) is 12.7. The van der Waals surface area contributed by atoms with Gasteiger partial charge >= 0.3 is 6.03 Å². The molecule has 2 heterocycles. The number of β-amino-alcohol motifs (C(OH)–C–C–N with tert-alkyl or cyclic N) is 1. The van der Waals surface area contributed by atoms with Crippen LogP contribution in [0.1, 0.15) is 18.4 Å². The summed E-state index contributed by atoms with van der Waals surface area (Å²) in [4.78, 5) is 16.2. The fourth-order valence-electron chi connectivity index (χ4n) is 3.25. The van der Waals surface area contributed by atoms with Gasteiger partial charge in [0.2, 0.25) is 0 Å². The molecular formula is C16H19ClN4O2. The van der Waals surface area contributed by atoms with Crippen molar-refractivity contribution in [1.29, 1.82) is 5.26 Å². The first kappa shape index (κ1) is 16.1. The first-order valence-electron chi connectivity index (χ1n) is 7.76. The van der Waals surface area contributed by atoms with Crippen molar-refractivity contribution in [3.63, 3.8) is 0 Å². The molecule has 2 N–H and O–H groups in total. The second-order valence-electron chi connectivity index (χ2n) is 6.02. The number of hydrogen-bond acceptors (Lipinski definition) is 4. The highest BCUT2D eigenvalue weighted by atomic mass is 35.5. The Labute approximate surface area is 140 Å². The summed E-state index contributed by atoms with van der Waals surface area (Å²) in [5.41, 5.74) is 0.911. The van der Waals surface area contributed by atoms with E-state index in [1.165, 1.54) is 0 Å². The van der Waals surface area contributed by atoms with Gasteiger partial charge in [0.15, 0.2) is 0 Å². The zero-order chi connectivity index (χ0) is 16.4. The van der Waals surface area contributed by atoms with Gasteiger partial charge in [-0.2, -0.15) is 5.26 Å². The van der Waals surface area contributed by atoms with Gasteiger partial charge in [-0.25, -0.2) is 4.79 Å². The van der Waals surface area contributed by atoms with Gasteiger partial charge in [-0.15, -0.1) is 0 Å². The number of amides is 2. The van der Waals surface area contributed by atoms with Gasteiger partial charge in [0.1, 0.15) is 6.07 Å². The predicted molar refractivity (Wildman–Crippen MR) is 87.4 cm³/mol. The summed E-state index contributed by atoms with van der Waals surface area (Å²) in [6, 6.07) is 6.52. The van der Waals surface area contributed by atoms with Crippen LogP contribution in [0.5, 0.6) is 0 Å². The first-order valence-corrected chi connectivity index (χ1v) is 8.14. The Balaban J connectivity index is 1.62. The monoisotopic (exact) mass is 334 g/mol. The summed E-state index contributed by atoms with van der Waals surface area (Å²) < 4.78 is 0. The second-order valence-corrected chi connectivity index (χ2v) is 6.43. The van der Waals surface area contributed by atoms with E-state index in [-0.39, 0.29) is 12.1 Å². The molecule has 0 aromatic heterocycles. The molecule has 2 aliphatic rings. The third-order valence-corrected chi connectivity index (χ3v) is 4.81. The second kappa shape index (κ2) is 6.75. The van der Waals surface area contributed by atoms with E-state index in [1.807, 2.05) is 6.07 Å². The van der Waals surface area contributed by atoms with E-state index in [0.717, 1.165) is 25.9 Å². The Morgan fingerprint density at radius 1 is 1.35 bits per heavy atom. The van der Waals surface area contributed by atoms with Crippen molar-refractivity contribution in [2.75, 3.05) is 31.5 Å². The molecule has 2 amide bonds. The lowest BCUT2D eigenvalue weighted by Gasteiger charge is -2.25. The van der Waals surface area contributed by atoms with Gasteiger partial charge < -0.3 is 15.3 Å². The van der Waals surface area contributed by atoms with Gasteiger partial charge in [0.05, 0.1) is 29.3 Å². The van der Waals surface area contributed by atoms with Crippen LogP contribution < -0.4 is 5.32 Å². The summed E-state index contributed by atoms with van der Waals surface area (Å²) in [5.74, 6) is 0. The Hall–Kier alpha value is -1.81. The summed E-state index contributed by atoms with van der Waals surface area (Å²) in [6.07, 6.45) is 1.79. The predicted octanol–water partition coefficient (Wildman–Crippen LogP) is 1.88. The average Bonchev–Trinajstić information content (AvgIpc) is 3.16. The van der Waals surface area contributed by atoms with Gasteiger partial charge in [0, 0.05) is 12.2 Å². The summed E-state index contributed by atoms with van der Waals surface area (Å²) >= 11 is 5.97. The highest BCUT2D eigenvalue weighted by molar-refractivity contribution is 6.32. The van der Waals surface area contributed by atoms with E-state index in [0.29, 0.717) is 29.4 Å². The van der Waals surface area contributed by atoms with E-state index >= 15 is 0 Å². The van der Waals surface area contributed by atoms with Crippen LogP contribution in [0.15, 0.2) is 18.2 Å². The average molecular weight is 335 g/mol. The van der Waals surface area contributed by atoms with Crippen LogP contribution in [0.4, 0.5) is 10.5 Å². The molecule has 2 atom stereocenters. The van der Waals surface area contributed by atoms with Gasteiger partial charge in [-0.1, -0.05) is 11.6 Å².